The van der Waals surface area contributed by atoms with Crippen LogP contribution in [0, 0.1) is 5.41 Å². The largest absolute Gasteiger partial charge is 1.00 e. The maximum absolute atomic E-state index is 6.95. The molecule has 1 unspecified atom stereocenters. The van der Waals surface area contributed by atoms with Gasteiger partial charge in [0, 0.05) is 5.03 Å². The van der Waals surface area contributed by atoms with E-state index >= 15 is 0 Å². The number of nitrogens with one attached hydrogen (secondary N) is 1. The molecule has 1 aliphatic rings. The summed E-state index contributed by atoms with van der Waals surface area (Å²) in [5.74, 6) is 0.823. The minimum absolute atomic E-state index is 0. The molecule has 3 heteroatoms. The smallest absolute Gasteiger partial charge is 0.699 e. The molecule has 1 nitrogen and oxygen atoms in total. The quantitative estimate of drug-likeness (QED) is 0.605. The van der Waals surface area contributed by atoms with Crippen LogP contribution in [0.3, 0.4) is 0 Å². The predicted octanol–water partition coefficient (Wildman–Crippen LogP) is 3.07. The number of benzene rings is 1. The Morgan fingerprint density at radius 2 is 1.85 bits per heavy atom. The average Bonchev–Trinajstić information content (AvgIpc) is 2.99. The van der Waals surface area contributed by atoms with E-state index in [0.717, 1.165) is 5.92 Å². The van der Waals surface area contributed by atoms with Gasteiger partial charge in [0.25, 0.3) is 0 Å². The molecule has 102 valence electrons. The first-order valence-electron chi connectivity index (χ1n) is 6.32. The van der Waals surface area contributed by atoms with E-state index in [1.54, 1.807) is 0 Å². The Kier molecular flexibility index (Phi) is 9.32. The summed E-state index contributed by atoms with van der Waals surface area (Å²) in [5.41, 5.74) is 9.31. The molecule has 20 heavy (non-hydrogen) atoms. The van der Waals surface area contributed by atoms with E-state index in [-0.39, 0.29) is 57.1 Å². The first-order chi connectivity index (χ1) is 8.86. The zero-order valence-corrected chi connectivity index (χ0v) is 16.5. The van der Waals surface area contributed by atoms with E-state index in [0.29, 0.717) is 10.4 Å². The van der Waals surface area contributed by atoms with Crippen molar-refractivity contribution in [2.24, 2.45) is 5.41 Å². The average molecular weight is 314 g/mol. The van der Waals surface area contributed by atoms with Crippen molar-refractivity contribution in [2.75, 3.05) is 0 Å². The van der Waals surface area contributed by atoms with Crippen LogP contribution in [-0.2, 0) is 0 Å². The maximum atomic E-state index is 6.95. The fourth-order valence-corrected chi connectivity index (χ4v) is 2.07. The van der Waals surface area contributed by atoms with Crippen LogP contribution >= 0.6 is 11.6 Å². The fraction of sp³-hybridized carbons (Fsp3) is 0.294. The van der Waals surface area contributed by atoms with Gasteiger partial charge in [-0.2, -0.15) is 0 Å². The summed E-state index contributed by atoms with van der Waals surface area (Å²) in [6.07, 6.45) is 4.18. The molecule has 0 spiro atoms. The van der Waals surface area contributed by atoms with Crippen molar-refractivity contribution in [1.29, 1.82) is 0 Å². The first-order valence-corrected chi connectivity index (χ1v) is 6.69. The van der Waals surface area contributed by atoms with Crippen molar-refractivity contribution in [3.05, 3.63) is 77.7 Å². The van der Waals surface area contributed by atoms with Gasteiger partial charge in [-0.1, -0.05) is 74.5 Å². The van der Waals surface area contributed by atoms with Crippen LogP contribution in [0.4, 0.5) is 0 Å². The van der Waals surface area contributed by atoms with Crippen LogP contribution in [0.2, 0.25) is 0 Å². The number of hydrogen-bond acceptors (Lipinski definition) is 0. The Bertz CT molecular complexity index is 477. The maximum Gasteiger partial charge on any atom is 1.00 e. The number of halogens is 1. The summed E-state index contributed by atoms with van der Waals surface area (Å²) in [7, 11) is 0. The summed E-state index contributed by atoms with van der Waals surface area (Å²) in [6, 6.07) is 10.8. The van der Waals surface area contributed by atoms with E-state index in [1.807, 2.05) is 0 Å². The van der Waals surface area contributed by atoms with Gasteiger partial charge >= 0.3 is 51.4 Å². The molecule has 0 saturated heterocycles. The molecule has 1 aliphatic carbocycles. The van der Waals surface area contributed by atoms with Crippen molar-refractivity contribution in [3.63, 3.8) is 0 Å². The van der Waals surface area contributed by atoms with E-state index in [9.17, 15) is 0 Å². The monoisotopic (exact) mass is 313 g/mol. The van der Waals surface area contributed by atoms with Crippen molar-refractivity contribution in [2.45, 2.75) is 26.2 Å². The molecule has 0 aliphatic heterocycles. The summed E-state index contributed by atoms with van der Waals surface area (Å²) in [4.78, 5) is 0. The zero-order chi connectivity index (χ0) is 14.5. The van der Waals surface area contributed by atoms with Crippen molar-refractivity contribution < 1.29 is 51.4 Å². The molecule has 1 aromatic carbocycles. The normalized spacial score (nSPS) is 18.9. The summed E-state index contributed by atoms with van der Waals surface area (Å²) in [5, 5.41) is 0.356. The van der Waals surface area contributed by atoms with E-state index in [2.05, 4.69) is 57.3 Å². The van der Waals surface area contributed by atoms with Gasteiger partial charge < -0.3 is 5.73 Å². The third-order valence-corrected chi connectivity index (χ3v) is 3.36. The molecular weight excluding hydrogens is 293 g/mol. The van der Waals surface area contributed by atoms with Gasteiger partial charge in [-0.3, -0.25) is 0 Å². The fourth-order valence-electron chi connectivity index (χ4n) is 1.95. The zero-order valence-electron chi connectivity index (χ0n) is 12.6. The van der Waals surface area contributed by atoms with Crippen LogP contribution in [0.15, 0.2) is 66.4 Å². The van der Waals surface area contributed by atoms with Gasteiger partial charge in [0.2, 0.25) is 0 Å². The second-order valence-electron chi connectivity index (χ2n) is 5.41. The predicted molar refractivity (Wildman–Crippen MR) is 85.2 cm³/mol. The van der Waals surface area contributed by atoms with Crippen molar-refractivity contribution >= 4 is 11.6 Å². The third kappa shape index (κ3) is 7.25. The molecule has 0 aromatic heterocycles. The summed E-state index contributed by atoms with van der Waals surface area (Å²) in [6.45, 7) is 11.4. The molecule has 1 saturated carbocycles. The van der Waals surface area contributed by atoms with Crippen LogP contribution in [0.25, 0.3) is 5.73 Å². The molecule has 0 radical (unpaired) electrons. The second-order valence-corrected chi connectivity index (χ2v) is 5.89. The van der Waals surface area contributed by atoms with Crippen molar-refractivity contribution in [1.82, 2.24) is 0 Å². The molecule has 0 amide bonds. The van der Waals surface area contributed by atoms with Crippen LogP contribution in [-0.4, -0.2) is 0 Å². The molecule has 0 bridgehead atoms. The Labute approximate surface area is 170 Å². The minimum Gasteiger partial charge on any atom is -0.699 e. The van der Waals surface area contributed by atoms with Gasteiger partial charge in [0.05, 0.1) is 0 Å². The number of hydrogen-bond donors (Lipinski definition) is 0. The first kappa shape index (κ1) is 20.2. The van der Waals surface area contributed by atoms with Gasteiger partial charge in [0.15, 0.2) is 0 Å². The summed E-state index contributed by atoms with van der Waals surface area (Å²) >= 11 is 5.31. The van der Waals surface area contributed by atoms with Gasteiger partial charge in [0.1, 0.15) is 0 Å². The van der Waals surface area contributed by atoms with Crippen molar-refractivity contribution in [3.8, 4) is 0 Å². The molecule has 2 rings (SSSR count). The van der Waals surface area contributed by atoms with E-state index < -0.39 is 0 Å². The molecule has 1 aromatic rings. The van der Waals surface area contributed by atoms with E-state index in [4.69, 9.17) is 17.3 Å². The molecule has 1 atom stereocenters. The van der Waals surface area contributed by atoms with Crippen LogP contribution in [0.1, 0.15) is 31.7 Å². The van der Waals surface area contributed by atoms with E-state index in [1.165, 1.54) is 24.1 Å². The summed E-state index contributed by atoms with van der Waals surface area (Å²) < 4.78 is 0. The third-order valence-electron chi connectivity index (χ3n) is 3.25. The number of rotatable bonds is 3. The Morgan fingerprint density at radius 3 is 2.15 bits per heavy atom. The minimum atomic E-state index is 0. The Balaban J connectivity index is 0.000000364. The standard InChI is InChI=1S/C11H14.C6H7ClN.K/c1-11(2)8-10(11)9-6-4-3-5-7-9;1-3-6(8)4-5(2)7;/h3-7,10H,8H2,1-2H3;3-4,8H,1-2H2;/q;-1;+1/b;6-4+;. The van der Waals surface area contributed by atoms with Gasteiger partial charge in [-0.15, -0.1) is 12.3 Å². The molecular formula is C17H21ClKN. The van der Waals surface area contributed by atoms with Crippen LogP contribution < -0.4 is 51.4 Å². The molecule has 1 N–H and O–H groups in total. The second kappa shape index (κ2) is 9.24. The topological polar surface area (TPSA) is 23.8 Å². The molecule has 1 fully saturated rings. The van der Waals surface area contributed by atoms with Crippen LogP contribution in [0.5, 0.6) is 0 Å². The van der Waals surface area contributed by atoms with Gasteiger partial charge in [-0.25, -0.2) is 0 Å². The SMILES string of the molecule is C=C/C([NH-])=C\C(=C)Cl.CC1(C)CC1c1ccccc1.[K+]. The number of allylic oxidation sites excluding steroid dienone is 3. The van der Waals surface area contributed by atoms with Gasteiger partial charge in [-0.05, 0) is 23.3 Å². The Morgan fingerprint density at radius 1 is 1.35 bits per heavy atom. The molecule has 0 heterocycles. The Hall–Kier alpha value is 0.166.